The minimum absolute atomic E-state index is 0.0438. The molecular weight excluding hydrogens is 406 g/mol. The van der Waals surface area contributed by atoms with Crippen LogP contribution >= 0.6 is 0 Å². The quantitative estimate of drug-likeness (QED) is 0.578. The largest absolute Gasteiger partial charge is 0.466 e. The van der Waals surface area contributed by atoms with Gasteiger partial charge >= 0.3 is 5.97 Å². The van der Waals surface area contributed by atoms with Crippen molar-refractivity contribution in [1.82, 2.24) is 14.7 Å². The highest BCUT2D eigenvalue weighted by molar-refractivity contribution is 5.81. The minimum atomic E-state index is -0.303. The molecule has 3 rings (SSSR count). The van der Waals surface area contributed by atoms with Crippen molar-refractivity contribution in [2.24, 2.45) is 5.92 Å². The molecule has 0 saturated carbocycles. The Bertz CT molecular complexity index is 754. The number of carbonyl (C=O) groups excluding carboxylic acids is 3. The number of ether oxygens (including phenoxy) is 1. The molecule has 176 valence electrons. The molecule has 1 aromatic carbocycles. The lowest BCUT2D eigenvalue weighted by Gasteiger charge is -2.42. The maximum absolute atomic E-state index is 12.9. The Morgan fingerprint density at radius 1 is 0.969 bits per heavy atom. The third-order valence-electron chi connectivity index (χ3n) is 6.70. The first-order valence-corrected chi connectivity index (χ1v) is 11.9. The molecule has 0 atom stereocenters. The van der Waals surface area contributed by atoms with E-state index in [0.29, 0.717) is 19.2 Å². The first-order chi connectivity index (χ1) is 15.5. The van der Waals surface area contributed by atoms with E-state index < -0.39 is 0 Å². The maximum Gasteiger partial charge on any atom is 0.306 e. The molecule has 0 unspecified atom stereocenters. The van der Waals surface area contributed by atoms with Crippen LogP contribution in [0.15, 0.2) is 30.3 Å². The Morgan fingerprint density at radius 3 is 2.25 bits per heavy atom. The molecule has 0 bridgehead atoms. The topological polar surface area (TPSA) is 70.2 Å². The van der Waals surface area contributed by atoms with E-state index in [1.807, 2.05) is 35.0 Å². The lowest BCUT2D eigenvalue weighted by molar-refractivity contribution is -0.146. The Labute approximate surface area is 191 Å². The van der Waals surface area contributed by atoms with Gasteiger partial charge in [-0.1, -0.05) is 30.3 Å². The summed E-state index contributed by atoms with van der Waals surface area (Å²) < 4.78 is 4.90. The fourth-order valence-corrected chi connectivity index (χ4v) is 4.84. The summed E-state index contributed by atoms with van der Waals surface area (Å²) in [7, 11) is 1.90. The lowest BCUT2D eigenvalue weighted by Crippen LogP contribution is -2.50. The lowest BCUT2D eigenvalue weighted by atomic mass is 9.92. The van der Waals surface area contributed by atoms with Crippen LogP contribution in [0.25, 0.3) is 0 Å². The standard InChI is InChI=1S/C25H37N3O4/c1-3-32-24(30)10-9-23(29)28-17-13-22(14-18-28)27-15-11-21(12-16-27)25(31)26(2)19-20-7-5-4-6-8-20/h4-8,21-22H,3,9-19H2,1-2H3. The van der Waals surface area contributed by atoms with Gasteiger partial charge in [-0.2, -0.15) is 0 Å². The maximum atomic E-state index is 12.9. The van der Waals surface area contributed by atoms with Gasteiger partial charge in [0.05, 0.1) is 13.0 Å². The number of esters is 1. The number of likely N-dealkylation sites (tertiary alicyclic amines) is 2. The van der Waals surface area contributed by atoms with Crippen LogP contribution in [0.2, 0.25) is 0 Å². The van der Waals surface area contributed by atoms with Crippen molar-refractivity contribution in [2.75, 3.05) is 39.8 Å². The predicted molar refractivity (Wildman–Crippen MR) is 123 cm³/mol. The molecule has 0 aliphatic carbocycles. The number of nitrogens with zero attached hydrogens (tertiary/aromatic N) is 3. The molecule has 2 amide bonds. The summed E-state index contributed by atoms with van der Waals surface area (Å²) in [6, 6.07) is 10.6. The Kier molecular flexibility index (Phi) is 9.09. The third kappa shape index (κ3) is 6.79. The summed E-state index contributed by atoms with van der Waals surface area (Å²) in [6.07, 6.45) is 4.10. The van der Waals surface area contributed by atoms with Crippen molar-refractivity contribution in [1.29, 1.82) is 0 Å². The number of benzene rings is 1. The minimum Gasteiger partial charge on any atom is -0.466 e. The first kappa shape index (κ1) is 24.2. The number of hydrogen-bond donors (Lipinski definition) is 0. The average molecular weight is 444 g/mol. The summed E-state index contributed by atoms with van der Waals surface area (Å²) in [6.45, 7) is 6.14. The van der Waals surface area contributed by atoms with Crippen molar-refractivity contribution in [3.05, 3.63) is 35.9 Å². The molecule has 0 N–H and O–H groups in total. The molecule has 1 aromatic rings. The second kappa shape index (κ2) is 12.0. The van der Waals surface area contributed by atoms with Crippen LogP contribution in [-0.2, 0) is 25.7 Å². The zero-order valence-electron chi connectivity index (χ0n) is 19.5. The van der Waals surface area contributed by atoms with Gasteiger partial charge in [0.25, 0.3) is 0 Å². The summed E-state index contributed by atoms with van der Waals surface area (Å²) in [5, 5.41) is 0. The fraction of sp³-hybridized carbons (Fsp3) is 0.640. The second-order valence-corrected chi connectivity index (χ2v) is 8.91. The third-order valence-corrected chi connectivity index (χ3v) is 6.70. The number of rotatable bonds is 8. The van der Waals surface area contributed by atoms with Gasteiger partial charge in [0.15, 0.2) is 0 Å². The fourth-order valence-electron chi connectivity index (χ4n) is 4.84. The summed E-state index contributed by atoms with van der Waals surface area (Å²) in [5.41, 5.74) is 1.16. The van der Waals surface area contributed by atoms with Crippen LogP contribution in [0.3, 0.4) is 0 Å². The van der Waals surface area contributed by atoms with E-state index in [1.165, 1.54) is 0 Å². The number of piperidine rings is 2. The van der Waals surface area contributed by atoms with Gasteiger partial charge < -0.3 is 19.4 Å². The van der Waals surface area contributed by atoms with E-state index in [-0.39, 0.29) is 36.5 Å². The summed E-state index contributed by atoms with van der Waals surface area (Å²) >= 11 is 0. The van der Waals surface area contributed by atoms with Gasteiger partial charge in [0, 0.05) is 45.1 Å². The molecule has 32 heavy (non-hydrogen) atoms. The number of amides is 2. The highest BCUT2D eigenvalue weighted by Gasteiger charge is 2.32. The van der Waals surface area contributed by atoms with Gasteiger partial charge in [-0.15, -0.1) is 0 Å². The molecule has 2 aliphatic rings. The van der Waals surface area contributed by atoms with Crippen molar-refractivity contribution < 1.29 is 19.1 Å². The molecule has 0 radical (unpaired) electrons. The molecule has 7 nitrogen and oxygen atoms in total. The molecule has 2 heterocycles. The molecule has 2 saturated heterocycles. The molecule has 7 heteroatoms. The van der Waals surface area contributed by atoms with Crippen molar-refractivity contribution in [2.45, 2.75) is 58.0 Å². The Balaban J connectivity index is 1.37. The Hall–Kier alpha value is -2.41. The van der Waals surface area contributed by atoms with E-state index in [0.717, 1.165) is 57.4 Å². The average Bonchev–Trinajstić information content (AvgIpc) is 2.83. The highest BCUT2D eigenvalue weighted by atomic mass is 16.5. The van der Waals surface area contributed by atoms with Crippen molar-refractivity contribution in [3.8, 4) is 0 Å². The summed E-state index contributed by atoms with van der Waals surface area (Å²) in [4.78, 5) is 43.0. The molecule has 0 spiro atoms. The number of carbonyl (C=O) groups is 3. The second-order valence-electron chi connectivity index (χ2n) is 8.91. The molecule has 2 fully saturated rings. The predicted octanol–water partition coefficient (Wildman–Crippen LogP) is 2.69. The van der Waals surface area contributed by atoms with Gasteiger partial charge in [0.2, 0.25) is 11.8 Å². The van der Waals surface area contributed by atoms with E-state index in [9.17, 15) is 14.4 Å². The van der Waals surface area contributed by atoms with Crippen molar-refractivity contribution >= 4 is 17.8 Å². The van der Waals surface area contributed by atoms with E-state index in [1.54, 1.807) is 6.92 Å². The number of hydrogen-bond acceptors (Lipinski definition) is 5. The van der Waals surface area contributed by atoms with Crippen LogP contribution in [0.1, 0.15) is 51.0 Å². The van der Waals surface area contributed by atoms with Crippen LogP contribution in [-0.4, -0.2) is 78.4 Å². The molecule has 2 aliphatic heterocycles. The van der Waals surface area contributed by atoms with E-state index in [4.69, 9.17) is 4.74 Å². The van der Waals surface area contributed by atoms with Crippen LogP contribution in [0.5, 0.6) is 0 Å². The van der Waals surface area contributed by atoms with Crippen molar-refractivity contribution in [3.63, 3.8) is 0 Å². The normalized spacial score (nSPS) is 18.4. The van der Waals surface area contributed by atoms with Gasteiger partial charge in [0.1, 0.15) is 0 Å². The highest BCUT2D eigenvalue weighted by Crippen LogP contribution is 2.25. The SMILES string of the molecule is CCOC(=O)CCC(=O)N1CCC(N2CCC(C(=O)N(C)Cc3ccccc3)CC2)CC1. The molecule has 0 aromatic heterocycles. The monoisotopic (exact) mass is 443 g/mol. The van der Waals surface area contributed by atoms with E-state index >= 15 is 0 Å². The van der Waals surface area contributed by atoms with E-state index in [2.05, 4.69) is 17.0 Å². The van der Waals surface area contributed by atoms with Crippen LogP contribution < -0.4 is 0 Å². The van der Waals surface area contributed by atoms with Gasteiger partial charge in [-0.3, -0.25) is 14.4 Å². The smallest absolute Gasteiger partial charge is 0.306 e. The zero-order valence-corrected chi connectivity index (χ0v) is 19.5. The van der Waals surface area contributed by atoms with Gasteiger partial charge in [-0.25, -0.2) is 0 Å². The summed E-state index contributed by atoms with van der Waals surface area (Å²) in [5.74, 6) is 0.0878. The van der Waals surface area contributed by atoms with Crippen LogP contribution in [0.4, 0.5) is 0 Å². The first-order valence-electron chi connectivity index (χ1n) is 11.9. The van der Waals surface area contributed by atoms with Crippen LogP contribution in [0, 0.1) is 5.92 Å². The Morgan fingerprint density at radius 2 is 1.62 bits per heavy atom. The van der Waals surface area contributed by atoms with Gasteiger partial charge in [-0.05, 0) is 51.3 Å². The zero-order chi connectivity index (χ0) is 22.9. The molecular formula is C25H37N3O4.